The summed E-state index contributed by atoms with van der Waals surface area (Å²) >= 11 is 5.62. The van der Waals surface area contributed by atoms with Gasteiger partial charge in [-0.25, -0.2) is 9.78 Å². The fourth-order valence-electron chi connectivity index (χ4n) is 3.52. The Morgan fingerprint density at radius 3 is 2.57 bits per heavy atom. The van der Waals surface area contributed by atoms with Gasteiger partial charge in [-0.2, -0.15) is 0 Å². The number of aryl methyl sites for hydroxylation is 1. The molecule has 0 spiro atoms. The van der Waals surface area contributed by atoms with E-state index in [0.717, 1.165) is 0 Å². The summed E-state index contributed by atoms with van der Waals surface area (Å²) in [5, 5.41) is 2.44. The molecule has 0 saturated carbocycles. The second-order valence-corrected chi connectivity index (χ2v) is 9.32. The van der Waals surface area contributed by atoms with E-state index >= 15 is 0 Å². The number of halogens is 1. The molecule has 37 heavy (non-hydrogen) atoms. The summed E-state index contributed by atoms with van der Waals surface area (Å²) in [6.07, 6.45) is -0.0135. The van der Waals surface area contributed by atoms with Gasteiger partial charge >= 0.3 is 23.9 Å². The zero-order chi connectivity index (χ0) is 27.7. The molecule has 11 nitrogen and oxygen atoms in total. The minimum atomic E-state index is -1.39. The highest BCUT2D eigenvalue weighted by Gasteiger charge is 2.41. The summed E-state index contributed by atoms with van der Waals surface area (Å²) < 4.78 is 21.6. The van der Waals surface area contributed by atoms with Gasteiger partial charge < -0.3 is 24.3 Å². The van der Waals surface area contributed by atoms with E-state index in [2.05, 4.69) is 10.3 Å². The number of carbonyl (C=O) groups excluding carboxylic acids is 5. The summed E-state index contributed by atoms with van der Waals surface area (Å²) in [7, 11) is 0. The van der Waals surface area contributed by atoms with Crippen LogP contribution in [0.3, 0.4) is 0 Å². The predicted octanol–water partition coefficient (Wildman–Crippen LogP) is 2.50. The molecule has 1 aliphatic rings. The molecule has 1 amide bonds. The highest BCUT2D eigenvalue weighted by molar-refractivity contribution is 6.17. The molecule has 1 aromatic rings. The molecule has 12 heteroatoms. The zero-order valence-corrected chi connectivity index (χ0v) is 22.3. The third-order valence-corrected chi connectivity index (χ3v) is 5.92. The topological polar surface area (TPSA) is 147 Å². The van der Waals surface area contributed by atoms with E-state index in [-0.39, 0.29) is 30.2 Å². The van der Waals surface area contributed by atoms with Gasteiger partial charge in [0.25, 0.3) is 5.91 Å². The molecule has 2 heterocycles. The first kappa shape index (κ1) is 30.0. The van der Waals surface area contributed by atoms with Crippen LogP contribution in [0, 0.1) is 18.8 Å². The van der Waals surface area contributed by atoms with Crippen LogP contribution in [0.4, 0.5) is 0 Å². The summed E-state index contributed by atoms with van der Waals surface area (Å²) in [6.45, 7) is 7.60. The number of pyridine rings is 1. The summed E-state index contributed by atoms with van der Waals surface area (Å²) in [6, 6.07) is 0.167. The van der Waals surface area contributed by atoms with Crippen molar-refractivity contribution < 1.29 is 42.9 Å². The molecular weight excluding hydrogens is 508 g/mol. The quantitative estimate of drug-likeness (QED) is 0.281. The van der Waals surface area contributed by atoms with Crippen LogP contribution in [0.2, 0.25) is 0 Å². The lowest BCUT2D eigenvalue weighted by molar-refractivity contribution is -0.176. The monoisotopic (exact) mass is 540 g/mol. The van der Waals surface area contributed by atoms with Crippen molar-refractivity contribution in [1.82, 2.24) is 10.3 Å². The maximum atomic E-state index is 13.1. The fourth-order valence-corrected chi connectivity index (χ4v) is 3.65. The van der Waals surface area contributed by atoms with Crippen molar-refractivity contribution in [2.75, 3.05) is 12.5 Å². The first-order valence-electron chi connectivity index (χ1n) is 12.1. The van der Waals surface area contributed by atoms with Gasteiger partial charge in [-0.15, -0.1) is 11.6 Å². The van der Waals surface area contributed by atoms with Gasteiger partial charge in [0.1, 0.15) is 12.7 Å². The zero-order valence-electron chi connectivity index (χ0n) is 21.6. The normalized spacial score (nSPS) is 22.1. The van der Waals surface area contributed by atoms with Gasteiger partial charge in [-0.05, 0) is 38.3 Å². The Bertz CT molecular complexity index is 1010. The maximum Gasteiger partial charge on any atom is 0.332 e. The lowest BCUT2D eigenvalue weighted by Gasteiger charge is -2.29. The van der Waals surface area contributed by atoms with E-state index in [4.69, 9.17) is 30.5 Å². The first-order valence-corrected chi connectivity index (χ1v) is 12.6. The number of carbonyl (C=O) groups is 5. The smallest absolute Gasteiger partial charge is 0.332 e. The average molecular weight is 541 g/mol. The Balaban J connectivity index is 2.26. The number of rotatable bonds is 9. The second-order valence-electron chi connectivity index (χ2n) is 8.94. The Labute approximate surface area is 220 Å². The number of aromatic nitrogens is 1. The number of alkyl halides is 1. The summed E-state index contributed by atoms with van der Waals surface area (Å²) in [5.41, 5.74) is 0.235. The Hall–Kier alpha value is -3.21. The molecule has 1 N–H and O–H groups in total. The van der Waals surface area contributed by atoms with Crippen molar-refractivity contribution in [2.24, 2.45) is 11.8 Å². The summed E-state index contributed by atoms with van der Waals surface area (Å²) in [5.74, 6) is -4.72. The van der Waals surface area contributed by atoms with E-state index in [0.29, 0.717) is 12.0 Å². The van der Waals surface area contributed by atoms with Gasteiger partial charge in [0.15, 0.2) is 23.6 Å². The third-order valence-electron chi connectivity index (χ3n) is 5.66. The molecule has 2 rings (SSSR count). The van der Waals surface area contributed by atoms with Crippen LogP contribution in [0.15, 0.2) is 12.3 Å². The minimum Gasteiger partial charge on any atom is -0.463 e. The van der Waals surface area contributed by atoms with Gasteiger partial charge in [0.2, 0.25) is 0 Å². The second kappa shape index (κ2) is 13.9. The number of amides is 1. The van der Waals surface area contributed by atoms with Gasteiger partial charge in [-0.3, -0.25) is 19.2 Å². The van der Waals surface area contributed by atoms with Crippen LogP contribution in [-0.4, -0.2) is 65.5 Å². The molecule has 4 atom stereocenters. The lowest BCUT2D eigenvalue weighted by atomic mass is 9.95. The van der Waals surface area contributed by atoms with Crippen LogP contribution >= 0.6 is 11.6 Å². The molecule has 204 valence electrons. The molecule has 0 bridgehead atoms. The van der Waals surface area contributed by atoms with E-state index in [9.17, 15) is 24.0 Å². The SMILES string of the molecule is CC[C@H]1C(=O)OC[C@H](NC(=O)c2nccc(C)c2OC(=O)CCCCl)C(=O)O[C@@H](C)[C@@H]1OC(=O)C(C)C. The highest BCUT2D eigenvalue weighted by atomic mass is 35.5. The number of cyclic esters (lactones) is 2. The number of hydrogen-bond acceptors (Lipinski definition) is 10. The fraction of sp³-hybridized carbons (Fsp3) is 0.600. The number of nitrogens with one attached hydrogen (secondary N) is 1. The largest absolute Gasteiger partial charge is 0.463 e. The molecular formula is C25H33ClN2O9. The molecule has 0 radical (unpaired) electrons. The Morgan fingerprint density at radius 1 is 1.24 bits per heavy atom. The molecule has 1 aliphatic heterocycles. The maximum absolute atomic E-state index is 13.1. The van der Waals surface area contributed by atoms with Crippen LogP contribution in [0.25, 0.3) is 0 Å². The van der Waals surface area contributed by atoms with E-state index in [1.165, 1.54) is 13.1 Å². The first-order chi connectivity index (χ1) is 17.5. The number of hydrogen-bond donors (Lipinski definition) is 1. The predicted molar refractivity (Wildman–Crippen MR) is 131 cm³/mol. The van der Waals surface area contributed by atoms with E-state index < -0.39 is 66.5 Å². The Morgan fingerprint density at radius 2 is 1.95 bits per heavy atom. The molecule has 0 aliphatic carbocycles. The standard InChI is InChI=1S/C25H33ClN2O9/c1-6-16-21(37-23(31)13(2)3)15(5)35-25(33)17(12-34-24(16)32)28-22(30)19-20(14(4)9-11-27-19)36-18(29)8-7-10-26/h9,11,13,15-17,21H,6-8,10,12H2,1-5H3,(H,28,30)/t15-,16+,17-,21-/m0/s1. The van der Waals surface area contributed by atoms with E-state index in [1.54, 1.807) is 33.8 Å². The van der Waals surface area contributed by atoms with Crippen LogP contribution in [0.1, 0.15) is 63.0 Å². The van der Waals surface area contributed by atoms with Crippen molar-refractivity contribution in [3.8, 4) is 5.75 Å². The Kier molecular flexibility index (Phi) is 11.3. The van der Waals surface area contributed by atoms with Crippen molar-refractivity contribution in [3.05, 3.63) is 23.5 Å². The number of esters is 4. The van der Waals surface area contributed by atoms with Crippen molar-refractivity contribution in [3.63, 3.8) is 0 Å². The third kappa shape index (κ3) is 8.14. The van der Waals surface area contributed by atoms with E-state index in [1.807, 2.05) is 0 Å². The number of ether oxygens (including phenoxy) is 4. The molecule has 1 aromatic heterocycles. The van der Waals surface area contributed by atoms with Crippen LogP contribution < -0.4 is 10.1 Å². The minimum absolute atomic E-state index is 0.0445. The number of nitrogens with zero attached hydrogens (tertiary/aromatic N) is 1. The van der Waals surface area contributed by atoms with Gasteiger partial charge in [0.05, 0.1) is 11.8 Å². The molecule has 0 unspecified atom stereocenters. The lowest BCUT2D eigenvalue weighted by Crippen LogP contribution is -2.47. The molecule has 1 saturated heterocycles. The molecule has 1 fully saturated rings. The average Bonchev–Trinajstić information content (AvgIpc) is 2.88. The van der Waals surface area contributed by atoms with Crippen molar-refractivity contribution >= 4 is 41.4 Å². The van der Waals surface area contributed by atoms with Crippen LogP contribution in [-0.2, 0) is 33.4 Å². The van der Waals surface area contributed by atoms with Gasteiger partial charge in [0, 0.05) is 18.5 Å². The van der Waals surface area contributed by atoms with Crippen molar-refractivity contribution in [1.29, 1.82) is 0 Å². The highest BCUT2D eigenvalue weighted by Crippen LogP contribution is 2.25. The van der Waals surface area contributed by atoms with Crippen LogP contribution in [0.5, 0.6) is 5.75 Å². The molecule has 0 aromatic carbocycles. The summed E-state index contributed by atoms with van der Waals surface area (Å²) in [4.78, 5) is 67.2. The van der Waals surface area contributed by atoms with Crippen molar-refractivity contribution in [2.45, 2.75) is 72.1 Å². The van der Waals surface area contributed by atoms with Gasteiger partial charge in [-0.1, -0.05) is 20.8 Å².